The van der Waals surface area contributed by atoms with Gasteiger partial charge in [-0.2, -0.15) is 0 Å². The van der Waals surface area contributed by atoms with Crippen LogP contribution in [0.4, 0.5) is 0 Å². The highest BCUT2D eigenvalue weighted by Gasteiger charge is 2.52. The van der Waals surface area contributed by atoms with Gasteiger partial charge >= 0.3 is 17.9 Å². The molecule has 0 saturated carbocycles. The molecular weight excluding hydrogens is 552 g/mol. The van der Waals surface area contributed by atoms with E-state index < -0.39 is 86.6 Å². The van der Waals surface area contributed by atoms with E-state index in [9.17, 15) is 29.7 Å². The van der Waals surface area contributed by atoms with Crippen LogP contribution in [0, 0.1) is 5.92 Å². The van der Waals surface area contributed by atoms with Gasteiger partial charge in [0.25, 0.3) is 0 Å². The smallest absolute Gasteiger partial charge is 0.308 e. The van der Waals surface area contributed by atoms with Crippen LogP contribution in [0.2, 0.25) is 0 Å². The minimum absolute atomic E-state index is 0.0860. The van der Waals surface area contributed by atoms with Gasteiger partial charge in [0.05, 0.1) is 25.7 Å². The first-order valence-corrected chi connectivity index (χ1v) is 15.5. The van der Waals surface area contributed by atoms with E-state index in [0.717, 1.165) is 26.2 Å². The molecule has 0 amide bonds. The van der Waals surface area contributed by atoms with Gasteiger partial charge in [-0.3, -0.25) is 14.4 Å². The summed E-state index contributed by atoms with van der Waals surface area (Å²) >= 11 is 0. The zero-order chi connectivity index (χ0) is 31.5. The van der Waals surface area contributed by atoms with E-state index in [1.54, 1.807) is 13.8 Å². The normalized spacial score (nSPS) is 23.8. The zero-order valence-corrected chi connectivity index (χ0v) is 25.8. The summed E-state index contributed by atoms with van der Waals surface area (Å²) in [5, 5.41) is 38.8. The Balaban J connectivity index is 2.88. The highest BCUT2D eigenvalue weighted by atomic mass is 16.7. The lowest BCUT2D eigenvalue weighted by Gasteiger charge is -2.44. The fraction of sp³-hybridized carbons (Fsp3) is 0.900. The van der Waals surface area contributed by atoms with Crippen LogP contribution in [0.5, 0.6) is 0 Å². The minimum Gasteiger partial charge on any atom is -0.456 e. The number of carbonyl (C=O) groups is 3. The molecule has 246 valence electrons. The van der Waals surface area contributed by atoms with Crippen molar-refractivity contribution in [2.45, 2.75) is 148 Å². The number of hydrogen-bond donors (Lipinski definition) is 4. The van der Waals surface area contributed by atoms with Crippen molar-refractivity contribution in [2.75, 3.05) is 19.8 Å². The fourth-order valence-corrected chi connectivity index (χ4v) is 4.59. The summed E-state index contributed by atoms with van der Waals surface area (Å²) in [6, 6.07) is 0. The fourth-order valence-electron chi connectivity index (χ4n) is 4.59. The number of hydrogen-bond acceptors (Lipinski definition) is 12. The first kappa shape index (κ1) is 38.2. The maximum atomic E-state index is 12.9. The summed E-state index contributed by atoms with van der Waals surface area (Å²) in [7, 11) is 0. The van der Waals surface area contributed by atoms with Crippen molar-refractivity contribution in [1.82, 2.24) is 0 Å². The highest BCUT2D eigenvalue weighted by molar-refractivity contribution is 5.72. The number of carbonyl (C=O) groups excluding carboxylic acids is 3. The molecule has 1 fully saturated rings. The maximum Gasteiger partial charge on any atom is 0.308 e. The predicted molar refractivity (Wildman–Crippen MR) is 152 cm³/mol. The molecule has 0 aliphatic carbocycles. The van der Waals surface area contributed by atoms with Crippen LogP contribution in [0.3, 0.4) is 0 Å². The third-order valence-corrected chi connectivity index (χ3v) is 7.11. The number of aliphatic hydroxyl groups is 4. The summed E-state index contributed by atoms with van der Waals surface area (Å²) in [5.41, 5.74) is 0. The van der Waals surface area contributed by atoms with Crippen LogP contribution in [0.1, 0.15) is 105 Å². The Bertz CT molecular complexity index is 761. The van der Waals surface area contributed by atoms with Gasteiger partial charge in [-0.25, -0.2) is 0 Å². The molecule has 42 heavy (non-hydrogen) atoms. The summed E-state index contributed by atoms with van der Waals surface area (Å²) in [5.74, 6) is -2.60. The second-order valence-electron chi connectivity index (χ2n) is 11.2. The number of esters is 3. The minimum atomic E-state index is -1.51. The molecule has 1 heterocycles. The van der Waals surface area contributed by atoms with Crippen LogP contribution in [-0.2, 0) is 38.1 Å². The van der Waals surface area contributed by atoms with Crippen LogP contribution in [0.25, 0.3) is 0 Å². The SMILES string of the molecule is CCCCCCCCCCCCCC(=O)OC1C(OC(C)=O)C(CO)OC(OCC(O)C(O)CO)C1OC(=O)C(C)C. The van der Waals surface area contributed by atoms with Crippen molar-refractivity contribution in [2.24, 2.45) is 5.92 Å². The monoisotopic (exact) mass is 606 g/mol. The third-order valence-electron chi connectivity index (χ3n) is 7.11. The van der Waals surface area contributed by atoms with Crippen molar-refractivity contribution >= 4 is 17.9 Å². The molecule has 1 aliphatic heterocycles. The van der Waals surface area contributed by atoms with Crippen LogP contribution in [-0.4, -0.2) is 101 Å². The van der Waals surface area contributed by atoms with Gasteiger partial charge < -0.3 is 44.1 Å². The Hall–Kier alpha value is -1.83. The molecule has 0 aromatic heterocycles. The highest BCUT2D eigenvalue weighted by Crippen LogP contribution is 2.30. The van der Waals surface area contributed by atoms with Crippen LogP contribution in [0.15, 0.2) is 0 Å². The molecular formula is C30H54O12. The van der Waals surface area contributed by atoms with Gasteiger partial charge in [-0.1, -0.05) is 85.0 Å². The molecule has 0 bridgehead atoms. The number of unbranched alkanes of at least 4 members (excludes halogenated alkanes) is 10. The average molecular weight is 607 g/mol. The average Bonchev–Trinajstić information content (AvgIpc) is 2.95. The van der Waals surface area contributed by atoms with E-state index in [4.69, 9.17) is 28.8 Å². The van der Waals surface area contributed by atoms with Crippen molar-refractivity contribution in [3.63, 3.8) is 0 Å². The lowest BCUT2D eigenvalue weighted by atomic mass is 9.97. The summed E-state index contributed by atoms with van der Waals surface area (Å²) in [6.07, 6.45) is 2.53. The first-order valence-electron chi connectivity index (χ1n) is 15.5. The van der Waals surface area contributed by atoms with Gasteiger partial charge in [0.15, 0.2) is 24.6 Å². The van der Waals surface area contributed by atoms with Crippen LogP contribution >= 0.6 is 0 Å². The van der Waals surface area contributed by atoms with Crippen molar-refractivity contribution in [3.05, 3.63) is 0 Å². The molecule has 1 rings (SSSR count). The van der Waals surface area contributed by atoms with Crippen LogP contribution < -0.4 is 0 Å². The van der Waals surface area contributed by atoms with E-state index in [0.29, 0.717) is 6.42 Å². The van der Waals surface area contributed by atoms with Crippen molar-refractivity contribution < 1.29 is 58.5 Å². The van der Waals surface area contributed by atoms with E-state index in [1.165, 1.54) is 44.9 Å². The largest absolute Gasteiger partial charge is 0.456 e. The first-order chi connectivity index (χ1) is 20.0. The molecule has 4 N–H and O–H groups in total. The van der Waals surface area contributed by atoms with Crippen molar-refractivity contribution in [3.8, 4) is 0 Å². The van der Waals surface area contributed by atoms with Gasteiger partial charge in [0, 0.05) is 13.3 Å². The Morgan fingerprint density at radius 1 is 0.762 bits per heavy atom. The molecule has 1 aliphatic rings. The van der Waals surface area contributed by atoms with E-state index in [1.807, 2.05) is 0 Å². The zero-order valence-electron chi connectivity index (χ0n) is 25.8. The van der Waals surface area contributed by atoms with Gasteiger partial charge in [0.1, 0.15) is 18.3 Å². The van der Waals surface area contributed by atoms with Gasteiger partial charge in [0.2, 0.25) is 0 Å². The van der Waals surface area contributed by atoms with E-state index in [-0.39, 0.29) is 6.42 Å². The number of rotatable bonds is 22. The van der Waals surface area contributed by atoms with E-state index in [2.05, 4.69) is 6.92 Å². The quantitative estimate of drug-likeness (QED) is 0.0805. The standard InChI is InChI=1S/C30H54O12/c1-5-6-7-8-9-10-11-12-13-14-15-16-25(36)41-27-26(39-21(4)33)24(18-32)40-30(28(27)42-29(37)20(2)3)38-19-23(35)22(34)17-31/h20,22-24,26-28,30-32,34-35H,5-19H2,1-4H3. The maximum absolute atomic E-state index is 12.9. The molecule has 12 nitrogen and oxygen atoms in total. The molecule has 0 radical (unpaired) electrons. The Morgan fingerprint density at radius 3 is 1.83 bits per heavy atom. The second-order valence-corrected chi connectivity index (χ2v) is 11.2. The molecule has 7 unspecified atom stereocenters. The molecule has 7 atom stereocenters. The predicted octanol–water partition coefficient (Wildman–Crippen LogP) is 2.55. The third kappa shape index (κ3) is 14.6. The summed E-state index contributed by atoms with van der Waals surface area (Å²) in [6.45, 7) is 4.61. The lowest BCUT2D eigenvalue weighted by Crippen LogP contribution is -2.63. The lowest BCUT2D eigenvalue weighted by molar-refractivity contribution is -0.313. The number of ether oxygens (including phenoxy) is 5. The Labute approximate surface area is 250 Å². The summed E-state index contributed by atoms with van der Waals surface area (Å²) < 4.78 is 27.9. The molecule has 12 heteroatoms. The molecule has 0 spiro atoms. The Morgan fingerprint density at radius 2 is 1.33 bits per heavy atom. The molecule has 0 aromatic rings. The van der Waals surface area contributed by atoms with Gasteiger partial charge in [-0.15, -0.1) is 0 Å². The molecule has 1 saturated heterocycles. The Kier molecular flexibility index (Phi) is 19.8. The van der Waals surface area contributed by atoms with Gasteiger partial charge in [-0.05, 0) is 6.42 Å². The summed E-state index contributed by atoms with van der Waals surface area (Å²) in [4.78, 5) is 37.4. The van der Waals surface area contributed by atoms with E-state index >= 15 is 0 Å². The number of aliphatic hydroxyl groups excluding tert-OH is 4. The van der Waals surface area contributed by atoms with Crippen molar-refractivity contribution in [1.29, 1.82) is 0 Å². The topological polar surface area (TPSA) is 178 Å². The second kappa shape index (κ2) is 21.8. The molecule has 0 aromatic carbocycles.